The Morgan fingerprint density at radius 1 is 0.507 bits per heavy atom. The number of Topliss-reactive ketones (excluding diaryl/α,β-unsaturated/α-hetero) is 1. The lowest BCUT2D eigenvalue weighted by Gasteiger charge is -2.29. The molecular weight excluding hydrogens is 903 g/mol. The van der Waals surface area contributed by atoms with E-state index < -0.39 is 71.4 Å². The van der Waals surface area contributed by atoms with Gasteiger partial charge in [-0.05, 0) is 73.5 Å². The molecule has 2 aliphatic rings. The van der Waals surface area contributed by atoms with Crippen molar-refractivity contribution in [2.45, 2.75) is 135 Å². The molecule has 6 amide bonds. The van der Waals surface area contributed by atoms with Crippen LogP contribution in [0.5, 0.6) is 0 Å². The van der Waals surface area contributed by atoms with Crippen molar-refractivity contribution in [3.63, 3.8) is 0 Å². The Labute approximate surface area is 419 Å². The largest absolute Gasteiger partial charge is 0.379 e. The number of carbonyl (C=O) groups is 7. The molecule has 0 aliphatic carbocycles. The van der Waals surface area contributed by atoms with Gasteiger partial charge in [0, 0.05) is 25.9 Å². The van der Waals surface area contributed by atoms with Crippen LogP contribution in [0.25, 0.3) is 0 Å². The molecule has 0 spiro atoms. The summed E-state index contributed by atoms with van der Waals surface area (Å²) in [6.45, 7) is 15.8. The Bertz CT molecular complexity index is 2200. The fourth-order valence-corrected chi connectivity index (χ4v) is 8.63. The molecule has 3 aromatic rings. The van der Waals surface area contributed by atoms with Gasteiger partial charge in [0.25, 0.3) is 0 Å². The second-order valence-electron chi connectivity index (χ2n) is 20.5. The van der Waals surface area contributed by atoms with Gasteiger partial charge < -0.3 is 41.4 Å². The molecule has 2 aliphatic heterocycles. The smallest absolute Gasteiger partial charge is 0.243 e. The van der Waals surface area contributed by atoms with Gasteiger partial charge in [0.05, 0.1) is 32.4 Å². The zero-order valence-electron chi connectivity index (χ0n) is 42.7. The van der Waals surface area contributed by atoms with E-state index in [9.17, 15) is 33.6 Å². The number of nitrogens with zero attached hydrogens (tertiary/aromatic N) is 1. The highest BCUT2D eigenvalue weighted by molar-refractivity contribution is 5.99. The van der Waals surface area contributed by atoms with Crippen LogP contribution in [-0.2, 0) is 62.3 Å². The van der Waals surface area contributed by atoms with Gasteiger partial charge in [-0.25, -0.2) is 0 Å². The first-order chi connectivity index (χ1) is 33.9. The van der Waals surface area contributed by atoms with Crippen molar-refractivity contribution < 1.29 is 43.0 Å². The molecule has 0 aromatic heterocycles. The molecule has 16 nitrogen and oxygen atoms in total. The van der Waals surface area contributed by atoms with E-state index in [4.69, 9.17) is 9.47 Å². The average molecular weight is 980 g/mol. The van der Waals surface area contributed by atoms with Crippen LogP contribution in [-0.4, -0.2) is 127 Å². The van der Waals surface area contributed by atoms with Gasteiger partial charge in [0.2, 0.25) is 35.4 Å². The molecule has 386 valence electrons. The van der Waals surface area contributed by atoms with E-state index in [1.54, 1.807) is 6.92 Å². The summed E-state index contributed by atoms with van der Waals surface area (Å²) in [5, 5.41) is 17.5. The number of rotatable bonds is 28. The first kappa shape index (κ1) is 56.0. The first-order valence-corrected chi connectivity index (χ1v) is 25.3. The first-order valence-electron chi connectivity index (χ1n) is 25.3. The molecule has 2 fully saturated rings. The van der Waals surface area contributed by atoms with Crippen molar-refractivity contribution in [3.8, 4) is 0 Å². The molecule has 7 atom stereocenters. The molecule has 0 bridgehead atoms. The number of carbonyl (C=O) groups excluding carboxylic acids is 7. The van der Waals surface area contributed by atoms with Gasteiger partial charge >= 0.3 is 0 Å². The molecular formula is C55H77N7O9. The van der Waals surface area contributed by atoms with Crippen LogP contribution >= 0.6 is 0 Å². The summed E-state index contributed by atoms with van der Waals surface area (Å²) in [6.07, 6.45) is 1.73. The van der Waals surface area contributed by atoms with E-state index in [2.05, 4.69) is 31.9 Å². The van der Waals surface area contributed by atoms with Crippen LogP contribution in [0.4, 0.5) is 0 Å². The predicted molar refractivity (Wildman–Crippen MR) is 272 cm³/mol. The number of ether oxygens (including phenoxy) is 2. The van der Waals surface area contributed by atoms with Crippen LogP contribution in [0.1, 0.15) is 90.8 Å². The fraction of sp³-hybridized carbons (Fsp3) is 0.545. The van der Waals surface area contributed by atoms with Gasteiger partial charge in [0.1, 0.15) is 35.8 Å². The SMILES string of the molecule is CC(C)C[C@H](NC(=O)[C@H](CCc1ccccc1)NC(=O)CN1CCOCC1)C(=O)N[C@@H](Cc1ccccc1)C(=O)N[C@@H](CC(C)C)C(=O)N[C@@H](Cc1ccccc1)C(=O)N[C@@H](CC(C)C)C(=O)C1(C)CO1. The van der Waals surface area contributed by atoms with E-state index in [-0.39, 0.29) is 74.7 Å². The highest BCUT2D eigenvalue weighted by atomic mass is 16.6. The van der Waals surface area contributed by atoms with Crippen LogP contribution in [0.3, 0.4) is 0 Å². The molecule has 16 heteroatoms. The number of epoxide rings is 1. The van der Waals surface area contributed by atoms with Crippen LogP contribution in [0.2, 0.25) is 0 Å². The Morgan fingerprint density at radius 3 is 1.30 bits per heavy atom. The molecule has 0 saturated carbocycles. The summed E-state index contributed by atoms with van der Waals surface area (Å²) < 4.78 is 10.9. The summed E-state index contributed by atoms with van der Waals surface area (Å²) in [5.41, 5.74) is 1.52. The minimum absolute atomic E-state index is 0.0566. The summed E-state index contributed by atoms with van der Waals surface area (Å²) in [4.78, 5) is 101. The van der Waals surface area contributed by atoms with Gasteiger partial charge in [-0.2, -0.15) is 0 Å². The minimum Gasteiger partial charge on any atom is -0.379 e. The van der Waals surface area contributed by atoms with Crippen molar-refractivity contribution in [1.82, 2.24) is 36.8 Å². The highest BCUT2D eigenvalue weighted by Gasteiger charge is 2.50. The third-order valence-electron chi connectivity index (χ3n) is 12.6. The Morgan fingerprint density at radius 2 is 0.873 bits per heavy atom. The van der Waals surface area contributed by atoms with Crippen molar-refractivity contribution in [3.05, 3.63) is 108 Å². The fourth-order valence-electron chi connectivity index (χ4n) is 8.63. The van der Waals surface area contributed by atoms with E-state index in [1.165, 1.54) is 0 Å². The molecule has 2 heterocycles. The van der Waals surface area contributed by atoms with Gasteiger partial charge in [-0.15, -0.1) is 0 Å². The number of amides is 6. The van der Waals surface area contributed by atoms with E-state index in [1.807, 2.05) is 137 Å². The number of morpholine rings is 1. The Balaban J connectivity index is 1.36. The molecule has 5 rings (SSSR count). The molecule has 6 N–H and O–H groups in total. The van der Waals surface area contributed by atoms with Crippen LogP contribution < -0.4 is 31.9 Å². The summed E-state index contributed by atoms with van der Waals surface area (Å²) in [6, 6.07) is 21.6. The second kappa shape index (κ2) is 27.6. The van der Waals surface area contributed by atoms with Crippen molar-refractivity contribution in [2.24, 2.45) is 17.8 Å². The number of ketones is 1. The van der Waals surface area contributed by atoms with Crippen LogP contribution in [0, 0.1) is 17.8 Å². The lowest BCUT2D eigenvalue weighted by molar-refractivity contribution is -0.136. The number of nitrogens with one attached hydrogen (secondary N) is 6. The monoisotopic (exact) mass is 980 g/mol. The minimum atomic E-state index is -1.20. The number of hydrogen-bond acceptors (Lipinski definition) is 10. The maximum absolute atomic E-state index is 14.6. The predicted octanol–water partition coefficient (Wildman–Crippen LogP) is 3.84. The lowest BCUT2D eigenvalue weighted by atomic mass is 9.93. The number of aryl methyl sites for hydroxylation is 1. The molecule has 2 saturated heterocycles. The molecule has 1 unspecified atom stereocenters. The topological polar surface area (TPSA) is 217 Å². The van der Waals surface area contributed by atoms with Gasteiger partial charge in [-0.1, -0.05) is 133 Å². The number of benzene rings is 3. The van der Waals surface area contributed by atoms with Gasteiger partial charge in [-0.3, -0.25) is 38.5 Å². The normalized spacial score (nSPS) is 18.3. The van der Waals surface area contributed by atoms with Crippen molar-refractivity contribution in [1.29, 1.82) is 0 Å². The van der Waals surface area contributed by atoms with Gasteiger partial charge in [0.15, 0.2) is 5.78 Å². The average Bonchev–Trinajstić information content (AvgIpc) is 4.10. The zero-order valence-corrected chi connectivity index (χ0v) is 42.7. The summed E-state index contributed by atoms with van der Waals surface area (Å²) in [5.74, 6) is -3.56. The second-order valence-corrected chi connectivity index (χ2v) is 20.5. The lowest BCUT2D eigenvalue weighted by Crippen LogP contribution is -2.60. The zero-order chi connectivity index (χ0) is 51.5. The van der Waals surface area contributed by atoms with Crippen molar-refractivity contribution >= 4 is 41.2 Å². The van der Waals surface area contributed by atoms with Crippen LogP contribution in [0.15, 0.2) is 91.0 Å². The third-order valence-corrected chi connectivity index (χ3v) is 12.6. The maximum atomic E-state index is 14.6. The molecule has 71 heavy (non-hydrogen) atoms. The quantitative estimate of drug-likeness (QED) is 0.0579. The maximum Gasteiger partial charge on any atom is 0.243 e. The summed E-state index contributed by atoms with van der Waals surface area (Å²) in [7, 11) is 0. The Hall–Kier alpha value is -5.97. The third kappa shape index (κ3) is 18.9. The van der Waals surface area contributed by atoms with Crippen molar-refractivity contribution in [2.75, 3.05) is 39.5 Å². The van der Waals surface area contributed by atoms with E-state index in [0.29, 0.717) is 39.1 Å². The molecule has 0 radical (unpaired) electrons. The van der Waals surface area contributed by atoms with E-state index >= 15 is 0 Å². The molecule has 3 aromatic carbocycles. The highest BCUT2D eigenvalue weighted by Crippen LogP contribution is 2.30. The Kier molecular flexibility index (Phi) is 21.7. The van der Waals surface area contributed by atoms with E-state index in [0.717, 1.165) is 16.7 Å². The standard InChI is InChI=1S/C55H77N7O9/c1-36(2)29-43(49(64)55(7)35-71-55)57-53(68)46(32-40-19-13-9-14-20-40)60-52(67)45(31-38(5)6)59-54(69)47(33-41-21-15-10-16-22-41)61-51(66)44(30-37(3)4)58-50(65)42(24-23-39-17-11-8-12-18-39)56-48(63)34-62-25-27-70-28-26-62/h8-22,36-38,42-47H,23-35H2,1-7H3,(H,56,63)(H,57,68)(H,58,65)(H,59,69)(H,60,67)(H,61,66)/t42-,43-,44-,45-,46-,47-,55?/m0/s1. The summed E-state index contributed by atoms with van der Waals surface area (Å²) >= 11 is 0. The number of hydrogen-bond donors (Lipinski definition) is 6.